The zero-order valence-corrected chi connectivity index (χ0v) is 6.19. The molecule has 0 aliphatic heterocycles. The molecule has 4 nitrogen and oxygen atoms in total. The van der Waals surface area contributed by atoms with Crippen LogP contribution in [-0.2, 0) is 14.4 Å². The van der Waals surface area contributed by atoms with Crippen molar-refractivity contribution in [3.63, 3.8) is 0 Å². The summed E-state index contributed by atoms with van der Waals surface area (Å²) in [6.45, 7) is 1.62. The number of carbonyl (C=O) groups excluding carboxylic acids is 2. The van der Waals surface area contributed by atoms with Crippen LogP contribution in [0.15, 0.2) is 0 Å². The predicted octanol–water partition coefficient (Wildman–Crippen LogP) is 0.111. The molecule has 0 saturated heterocycles. The van der Waals surface area contributed by atoms with Crippen molar-refractivity contribution in [1.82, 2.24) is 0 Å². The van der Waals surface area contributed by atoms with Gasteiger partial charge >= 0.3 is 5.97 Å². The van der Waals surface area contributed by atoms with Crippen molar-refractivity contribution < 1.29 is 19.5 Å². The van der Waals surface area contributed by atoms with Gasteiger partial charge in [-0.25, -0.2) is 0 Å². The van der Waals surface area contributed by atoms with Crippen molar-refractivity contribution in [2.24, 2.45) is 11.8 Å². The Balaban J connectivity index is 4.32. The van der Waals surface area contributed by atoms with Gasteiger partial charge in [0, 0.05) is 0 Å². The fraction of sp³-hybridized carbons (Fsp3) is 0.571. The molecule has 0 heterocycles. The summed E-state index contributed by atoms with van der Waals surface area (Å²) in [5.74, 6) is -2.97. The monoisotopic (exact) mass is 158 g/mol. The van der Waals surface area contributed by atoms with Gasteiger partial charge in [0.2, 0.25) is 0 Å². The maximum atomic E-state index is 10.4. The van der Waals surface area contributed by atoms with E-state index >= 15 is 0 Å². The molecule has 0 aliphatic rings. The Bertz CT molecular complexity index is 156. The molecule has 0 aromatic carbocycles. The van der Waals surface area contributed by atoms with E-state index in [-0.39, 0.29) is 6.42 Å². The molecule has 0 aliphatic carbocycles. The van der Waals surface area contributed by atoms with E-state index in [0.717, 1.165) is 0 Å². The smallest absolute Gasteiger partial charge is 0.307 e. The van der Waals surface area contributed by atoms with Gasteiger partial charge in [0.05, 0.1) is 11.8 Å². The summed E-state index contributed by atoms with van der Waals surface area (Å²) in [4.78, 5) is 30.7. The molecule has 0 rings (SSSR count). The molecule has 0 spiro atoms. The Hall–Kier alpha value is -1.19. The van der Waals surface area contributed by atoms with Crippen LogP contribution in [0.25, 0.3) is 0 Å². The Morgan fingerprint density at radius 2 is 1.91 bits per heavy atom. The Morgan fingerprint density at radius 1 is 1.45 bits per heavy atom. The molecule has 1 atom stereocenters. The number of aldehydes is 2. The van der Waals surface area contributed by atoms with E-state index < -0.39 is 17.8 Å². The quantitative estimate of drug-likeness (QED) is 0.455. The van der Waals surface area contributed by atoms with Crippen molar-refractivity contribution in [2.45, 2.75) is 13.3 Å². The number of aliphatic carboxylic acids is 1. The standard InChI is InChI=1S/C7H10O4/c1-2-6(7(10)11)5(3-8)4-9/h3-6H,2H2,1H3,(H,10,11). The molecule has 0 aromatic heterocycles. The zero-order valence-electron chi connectivity index (χ0n) is 6.19. The van der Waals surface area contributed by atoms with Crippen LogP contribution in [0.3, 0.4) is 0 Å². The van der Waals surface area contributed by atoms with E-state index in [2.05, 4.69) is 0 Å². The molecular formula is C7H10O4. The molecule has 4 heteroatoms. The average molecular weight is 158 g/mol. The van der Waals surface area contributed by atoms with Crippen LogP contribution in [0.5, 0.6) is 0 Å². The normalized spacial score (nSPS) is 12.5. The van der Waals surface area contributed by atoms with E-state index in [1.54, 1.807) is 6.92 Å². The number of carboxylic acid groups (broad SMARTS) is 1. The van der Waals surface area contributed by atoms with Gasteiger partial charge in [0.15, 0.2) is 0 Å². The Labute approximate surface area is 64.2 Å². The van der Waals surface area contributed by atoms with Crippen molar-refractivity contribution >= 4 is 18.5 Å². The van der Waals surface area contributed by atoms with Gasteiger partial charge in [-0.3, -0.25) is 4.79 Å². The van der Waals surface area contributed by atoms with Gasteiger partial charge in [-0.1, -0.05) is 6.92 Å². The van der Waals surface area contributed by atoms with Crippen LogP contribution in [0.1, 0.15) is 13.3 Å². The minimum atomic E-state index is -1.10. The highest BCUT2D eigenvalue weighted by molar-refractivity contribution is 5.85. The molecular weight excluding hydrogens is 148 g/mol. The van der Waals surface area contributed by atoms with Gasteiger partial charge < -0.3 is 14.7 Å². The fourth-order valence-electron chi connectivity index (χ4n) is 0.833. The fourth-order valence-corrected chi connectivity index (χ4v) is 0.833. The number of hydrogen-bond donors (Lipinski definition) is 1. The van der Waals surface area contributed by atoms with E-state index in [1.807, 2.05) is 0 Å². The molecule has 0 bridgehead atoms. The van der Waals surface area contributed by atoms with Gasteiger partial charge in [0.25, 0.3) is 0 Å². The van der Waals surface area contributed by atoms with E-state index in [9.17, 15) is 14.4 Å². The minimum Gasteiger partial charge on any atom is -0.481 e. The summed E-state index contributed by atoms with van der Waals surface area (Å²) in [5, 5.41) is 8.49. The SMILES string of the molecule is CCC(C(=O)O)C(C=O)C=O. The highest BCUT2D eigenvalue weighted by atomic mass is 16.4. The Morgan fingerprint density at radius 3 is 2.00 bits per heavy atom. The molecule has 62 valence electrons. The van der Waals surface area contributed by atoms with Crippen molar-refractivity contribution in [3.8, 4) is 0 Å². The third kappa shape index (κ3) is 2.49. The maximum Gasteiger partial charge on any atom is 0.307 e. The molecule has 11 heavy (non-hydrogen) atoms. The summed E-state index contributed by atoms with van der Waals surface area (Å²) in [5.41, 5.74) is 0. The molecule has 1 unspecified atom stereocenters. The minimum absolute atomic E-state index is 0.289. The van der Waals surface area contributed by atoms with Crippen LogP contribution in [-0.4, -0.2) is 23.6 Å². The number of carbonyl (C=O) groups is 3. The second kappa shape index (κ2) is 4.60. The van der Waals surface area contributed by atoms with Crippen molar-refractivity contribution in [3.05, 3.63) is 0 Å². The second-order valence-corrected chi connectivity index (χ2v) is 2.20. The summed E-state index contributed by atoms with van der Waals surface area (Å²) in [6.07, 6.45) is 1.03. The zero-order chi connectivity index (χ0) is 8.85. The van der Waals surface area contributed by atoms with Crippen LogP contribution in [0, 0.1) is 11.8 Å². The highest BCUT2D eigenvalue weighted by Crippen LogP contribution is 2.11. The van der Waals surface area contributed by atoms with Gasteiger partial charge in [-0.15, -0.1) is 0 Å². The number of carboxylic acids is 1. The largest absolute Gasteiger partial charge is 0.481 e. The molecule has 0 saturated carbocycles. The average Bonchev–Trinajstić information content (AvgIpc) is 1.99. The van der Waals surface area contributed by atoms with Gasteiger partial charge in [-0.05, 0) is 6.42 Å². The lowest BCUT2D eigenvalue weighted by Crippen LogP contribution is -2.24. The molecule has 0 fully saturated rings. The molecule has 0 radical (unpaired) electrons. The third-order valence-corrected chi connectivity index (χ3v) is 1.54. The first kappa shape index (κ1) is 9.81. The summed E-state index contributed by atoms with van der Waals surface area (Å²) in [6, 6.07) is 0. The lowest BCUT2D eigenvalue weighted by atomic mass is 9.93. The molecule has 0 aromatic rings. The lowest BCUT2D eigenvalue weighted by molar-refractivity contribution is -0.146. The van der Waals surface area contributed by atoms with Gasteiger partial charge in [-0.2, -0.15) is 0 Å². The van der Waals surface area contributed by atoms with Crippen LogP contribution >= 0.6 is 0 Å². The first-order valence-electron chi connectivity index (χ1n) is 3.30. The molecule has 0 amide bonds. The topological polar surface area (TPSA) is 71.4 Å². The first-order chi connectivity index (χ1) is 5.17. The van der Waals surface area contributed by atoms with Crippen LogP contribution in [0.2, 0.25) is 0 Å². The Kier molecular flexibility index (Phi) is 4.10. The van der Waals surface area contributed by atoms with Crippen molar-refractivity contribution in [1.29, 1.82) is 0 Å². The number of hydrogen-bond acceptors (Lipinski definition) is 3. The van der Waals surface area contributed by atoms with E-state index in [1.165, 1.54) is 0 Å². The summed E-state index contributed by atoms with van der Waals surface area (Å²) >= 11 is 0. The van der Waals surface area contributed by atoms with Crippen LogP contribution in [0.4, 0.5) is 0 Å². The van der Waals surface area contributed by atoms with E-state index in [4.69, 9.17) is 5.11 Å². The van der Waals surface area contributed by atoms with Crippen LogP contribution < -0.4 is 0 Å². The van der Waals surface area contributed by atoms with E-state index in [0.29, 0.717) is 12.6 Å². The summed E-state index contributed by atoms with van der Waals surface area (Å²) in [7, 11) is 0. The highest BCUT2D eigenvalue weighted by Gasteiger charge is 2.25. The summed E-state index contributed by atoms with van der Waals surface area (Å²) < 4.78 is 0. The maximum absolute atomic E-state index is 10.4. The second-order valence-electron chi connectivity index (χ2n) is 2.20. The first-order valence-corrected chi connectivity index (χ1v) is 3.30. The number of rotatable bonds is 5. The van der Waals surface area contributed by atoms with Gasteiger partial charge in [0.1, 0.15) is 12.6 Å². The lowest BCUT2D eigenvalue weighted by Gasteiger charge is -2.09. The third-order valence-electron chi connectivity index (χ3n) is 1.54. The van der Waals surface area contributed by atoms with Crippen molar-refractivity contribution in [2.75, 3.05) is 0 Å². The predicted molar refractivity (Wildman–Crippen MR) is 37.0 cm³/mol. The molecule has 1 N–H and O–H groups in total.